The summed E-state index contributed by atoms with van der Waals surface area (Å²) in [5.41, 5.74) is 3.68. The molecule has 2 heterocycles. The first-order chi connectivity index (χ1) is 10.3. The van der Waals surface area contributed by atoms with Gasteiger partial charge in [-0.25, -0.2) is 0 Å². The predicted octanol–water partition coefficient (Wildman–Crippen LogP) is 3.90. The van der Waals surface area contributed by atoms with E-state index < -0.39 is 0 Å². The van der Waals surface area contributed by atoms with Crippen LogP contribution in [0.4, 0.5) is 5.69 Å². The van der Waals surface area contributed by atoms with Crippen molar-refractivity contribution in [3.05, 3.63) is 59.7 Å². The molecule has 0 aromatic heterocycles. The number of hydrogen-bond acceptors (Lipinski definition) is 3. The van der Waals surface area contributed by atoms with Crippen molar-refractivity contribution in [2.45, 2.75) is 25.7 Å². The van der Waals surface area contributed by atoms with E-state index in [2.05, 4.69) is 48.6 Å². The average Bonchev–Trinajstić information content (AvgIpc) is 2.97. The van der Waals surface area contributed by atoms with Crippen molar-refractivity contribution in [1.82, 2.24) is 0 Å². The van der Waals surface area contributed by atoms with Gasteiger partial charge in [-0.15, -0.1) is 0 Å². The van der Waals surface area contributed by atoms with E-state index >= 15 is 0 Å². The SMILES string of the molecule is Cc1ccccc1N[C@@H]1c2ccccc2O[C@@H]2OCC[C@@H]21. The normalized spacial score (nSPS) is 26.6. The number of benzene rings is 2. The van der Waals surface area contributed by atoms with Crippen LogP contribution in [0.5, 0.6) is 5.75 Å². The van der Waals surface area contributed by atoms with Crippen molar-refractivity contribution >= 4 is 5.69 Å². The lowest BCUT2D eigenvalue weighted by atomic mass is 9.88. The van der Waals surface area contributed by atoms with Gasteiger partial charge in [0.2, 0.25) is 6.29 Å². The minimum absolute atomic E-state index is 0.124. The van der Waals surface area contributed by atoms with Gasteiger partial charge in [0.15, 0.2) is 0 Å². The lowest BCUT2D eigenvalue weighted by molar-refractivity contribution is -0.0747. The molecule has 2 aromatic rings. The van der Waals surface area contributed by atoms with Gasteiger partial charge in [-0.1, -0.05) is 36.4 Å². The van der Waals surface area contributed by atoms with Crippen molar-refractivity contribution in [2.24, 2.45) is 5.92 Å². The second kappa shape index (κ2) is 5.08. The molecule has 0 radical (unpaired) electrons. The molecule has 3 atom stereocenters. The molecule has 3 nitrogen and oxygen atoms in total. The lowest BCUT2D eigenvalue weighted by Crippen LogP contribution is -2.36. The van der Waals surface area contributed by atoms with Crippen LogP contribution >= 0.6 is 0 Å². The number of ether oxygens (including phenoxy) is 2. The van der Waals surface area contributed by atoms with Gasteiger partial charge in [-0.05, 0) is 31.0 Å². The zero-order chi connectivity index (χ0) is 14.2. The molecule has 0 spiro atoms. The predicted molar refractivity (Wildman–Crippen MR) is 82.5 cm³/mol. The van der Waals surface area contributed by atoms with E-state index in [1.807, 2.05) is 12.1 Å². The van der Waals surface area contributed by atoms with Crippen molar-refractivity contribution in [3.63, 3.8) is 0 Å². The van der Waals surface area contributed by atoms with E-state index in [9.17, 15) is 0 Å². The molecule has 0 bridgehead atoms. The highest BCUT2D eigenvalue weighted by Crippen LogP contribution is 2.44. The van der Waals surface area contributed by atoms with Gasteiger partial charge in [0.1, 0.15) is 5.75 Å². The van der Waals surface area contributed by atoms with Crippen molar-refractivity contribution in [1.29, 1.82) is 0 Å². The quantitative estimate of drug-likeness (QED) is 0.905. The Morgan fingerprint density at radius 2 is 1.86 bits per heavy atom. The zero-order valence-electron chi connectivity index (χ0n) is 12.1. The third kappa shape index (κ3) is 2.18. The van der Waals surface area contributed by atoms with Crippen LogP contribution in [-0.4, -0.2) is 12.9 Å². The lowest BCUT2D eigenvalue weighted by Gasteiger charge is -2.36. The summed E-state index contributed by atoms with van der Waals surface area (Å²) in [6, 6.07) is 16.9. The molecule has 0 unspecified atom stereocenters. The summed E-state index contributed by atoms with van der Waals surface area (Å²) in [6.07, 6.45) is 0.907. The van der Waals surface area contributed by atoms with E-state index in [0.717, 1.165) is 18.8 Å². The van der Waals surface area contributed by atoms with Gasteiger partial charge in [-0.3, -0.25) is 0 Å². The maximum absolute atomic E-state index is 5.99. The minimum Gasteiger partial charge on any atom is -0.464 e. The number of aryl methyl sites for hydroxylation is 1. The molecule has 0 aliphatic carbocycles. The summed E-state index contributed by atoms with van der Waals surface area (Å²) in [7, 11) is 0. The smallest absolute Gasteiger partial charge is 0.205 e. The topological polar surface area (TPSA) is 30.5 Å². The molecule has 2 aromatic carbocycles. The number of hydrogen-bond donors (Lipinski definition) is 1. The van der Waals surface area contributed by atoms with Crippen molar-refractivity contribution in [2.75, 3.05) is 11.9 Å². The zero-order valence-corrected chi connectivity index (χ0v) is 12.1. The fourth-order valence-corrected chi connectivity index (χ4v) is 3.31. The first kappa shape index (κ1) is 12.7. The number of para-hydroxylation sites is 2. The number of fused-ring (bicyclic) bond motifs is 2. The van der Waals surface area contributed by atoms with Crippen LogP contribution in [0.15, 0.2) is 48.5 Å². The van der Waals surface area contributed by atoms with Gasteiger partial charge in [-0.2, -0.15) is 0 Å². The summed E-state index contributed by atoms with van der Waals surface area (Å²) < 4.78 is 11.7. The van der Waals surface area contributed by atoms with Crippen LogP contribution in [0.25, 0.3) is 0 Å². The molecule has 0 amide bonds. The molecule has 2 aliphatic rings. The van der Waals surface area contributed by atoms with Gasteiger partial charge >= 0.3 is 0 Å². The molecule has 21 heavy (non-hydrogen) atoms. The summed E-state index contributed by atoms with van der Waals surface area (Å²) in [6.45, 7) is 2.91. The number of rotatable bonds is 2. The second-order valence-corrected chi connectivity index (χ2v) is 5.78. The molecular formula is C18H19NO2. The molecule has 1 N–H and O–H groups in total. The fraction of sp³-hybridized carbons (Fsp3) is 0.333. The van der Waals surface area contributed by atoms with E-state index in [-0.39, 0.29) is 12.3 Å². The Kier molecular flexibility index (Phi) is 3.08. The molecule has 0 saturated carbocycles. The molecule has 108 valence electrons. The van der Waals surface area contributed by atoms with Crippen LogP contribution in [0.3, 0.4) is 0 Å². The third-order valence-corrected chi connectivity index (χ3v) is 4.46. The Morgan fingerprint density at radius 3 is 2.76 bits per heavy atom. The summed E-state index contributed by atoms with van der Waals surface area (Å²) >= 11 is 0. The third-order valence-electron chi connectivity index (χ3n) is 4.46. The Bertz CT molecular complexity index is 655. The largest absolute Gasteiger partial charge is 0.464 e. The van der Waals surface area contributed by atoms with Gasteiger partial charge in [0.25, 0.3) is 0 Å². The van der Waals surface area contributed by atoms with Crippen LogP contribution in [-0.2, 0) is 4.74 Å². The monoisotopic (exact) mass is 281 g/mol. The second-order valence-electron chi connectivity index (χ2n) is 5.78. The van der Waals surface area contributed by atoms with Gasteiger partial charge in [0.05, 0.1) is 12.6 Å². The van der Waals surface area contributed by atoms with Gasteiger partial charge < -0.3 is 14.8 Å². The molecule has 3 heteroatoms. The summed E-state index contributed by atoms with van der Waals surface area (Å²) in [4.78, 5) is 0. The highest BCUT2D eigenvalue weighted by molar-refractivity contribution is 5.54. The van der Waals surface area contributed by atoms with Crippen LogP contribution in [0, 0.1) is 12.8 Å². The first-order valence-corrected chi connectivity index (χ1v) is 7.52. The Balaban J connectivity index is 1.73. The molecular weight excluding hydrogens is 262 g/mol. The highest BCUT2D eigenvalue weighted by Gasteiger charge is 2.42. The minimum atomic E-state index is -0.124. The maximum Gasteiger partial charge on any atom is 0.205 e. The molecule has 1 saturated heterocycles. The van der Waals surface area contributed by atoms with Crippen molar-refractivity contribution < 1.29 is 9.47 Å². The summed E-state index contributed by atoms with van der Waals surface area (Å²) in [5.74, 6) is 1.30. The van der Waals surface area contributed by atoms with Crippen molar-refractivity contribution in [3.8, 4) is 5.75 Å². The number of anilines is 1. The van der Waals surface area contributed by atoms with Crippen LogP contribution in [0.1, 0.15) is 23.6 Å². The van der Waals surface area contributed by atoms with E-state index in [0.29, 0.717) is 5.92 Å². The Labute approximate surface area is 124 Å². The molecule has 2 aliphatic heterocycles. The van der Waals surface area contributed by atoms with Crippen LogP contribution < -0.4 is 10.1 Å². The standard InChI is InChI=1S/C18H19NO2/c1-12-6-2-4-8-15(12)19-17-13-7-3-5-9-16(13)21-18-14(17)10-11-20-18/h2-9,14,17-19H,10-11H2,1H3/t14-,17-,18+/m1/s1. The summed E-state index contributed by atoms with van der Waals surface area (Å²) in [5, 5.41) is 3.72. The fourth-order valence-electron chi connectivity index (χ4n) is 3.31. The Hall–Kier alpha value is -2.00. The maximum atomic E-state index is 5.99. The van der Waals surface area contributed by atoms with Gasteiger partial charge in [0, 0.05) is 17.2 Å². The average molecular weight is 281 g/mol. The molecule has 4 rings (SSSR count). The highest BCUT2D eigenvalue weighted by atomic mass is 16.7. The van der Waals surface area contributed by atoms with E-state index in [1.165, 1.54) is 16.8 Å². The van der Waals surface area contributed by atoms with E-state index in [4.69, 9.17) is 9.47 Å². The first-order valence-electron chi connectivity index (χ1n) is 7.52. The van der Waals surface area contributed by atoms with Crippen LogP contribution in [0.2, 0.25) is 0 Å². The van der Waals surface area contributed by atoms with E-state index in [1.54, 1.807) is 0 Å². The Morgan fingerprint density at radius 1 is 1.05 bits per heavy atom. The number of nitrogens with one attached hydrogen (secondary N) is 1. The molecule has 1 fully saturated rings.